The summed E-state index contributed by atoms with van der Waals surface area (Å²) in [6.45, 7) is 2.03. The van der Waals surface area contributed by atoms with Gasteiger partial charge in [-0.05, 0) is 30.7 Å². The molecule has 4 rings (SSSR count). The molecule has 0 unspecified atom stereocenters. The van der Waals surface area contributed by atoms with Crippen molar-refractivity contribution in [2.75, 3.05) is 6.61 Å². The fourth-order valence-electron chi connectivity index (χ4n) is 3.40. The van der Waals surface area contributed by atoms with Crippen molar-refractivity contribution in [3.8, 4) is 5.75 Å². The van der Waals surface area contributed by atoms with E-state index in [1.165, 1.54) is 18.2 Å². The van der Waals surface area contributed by atoms with E-state index in [0.717, 1.165) is 5.56 Å². The third-order valence-electron chi connectivity index (χ3n) is 4.80. The molecule has 0 aliphatic carbocycles. The Labute approximate surface area is 173 Å². The maximum absolute atomic E-state index is 13.9. The number of aromatic hydroxyl groups is 1. The second kappa shape index (κ2) is 8.28. The summed E-state index contributed by atoms with van der Waals surface area (Å²) in [5.41, 5.74) is 5.25. The van der Waals surface area contributed by atoms with Gasteiger partial charge in [0.15, 0.2) is 6.17 Å². The average molecular weight is 408 g/mol. The topological polar surface area (TPSA) is 86.2 Å². The second-order valence-corrected chi connectivity index (χ2v) is 6.78. The number of esters is 1. The molecule has 2 aromatic rings. The number of carbonyl (C=O) groups is 1. The summed E-state index contributed by atoms with van der Waals surface area (Å²) in [7, 11) is 0. The molecule has 2 aliphatic heterocycles. The van der Waals surface area contributed by atoms with Gasteiger partial charge in [0.1, 0.15) is 17.1 Å². The molecule has 2 aromatic carbocycles. The van der Waals surface area contributed by atoms with E-state index in [1.807, 2.05) is 30.3 Å². The van der Waals surface area contributed by atoms with Gasteiger partial charge in [0.25, 0.3) is 0 Å². The lowest BCUT2D eigenvalue weighted by Gasteiger charge is -2.28. The molecule has 8 heteroatoms. The number of hydrogen-bond acceptors (Lipinski definition) is 7. The lowest BCUT2D eigenvalue weighted by atomic mass is 9.97. The monoisotopic (exact) mass is 408 g/mol. The molecule has 0 saturated carbocycles. The van der Waals surface area contributed by atoms with Crippen LogP contribution >= 0.6 is 0 Å². The third-order valence-corrected chi connectivity index (χ3v) is 4.80. The molecule has 0 spiro atoms. The van der Waals surface area contributed by atoms with E-state index in [-0.39, 0.29) is 12.4 Å². The van der Waals surface area contributed by atoms with Crippen LogP contribution in [0.15, 0.2) is 77.2 Å². The van der Waals surface area contributed by atoms with Crippen molar-refractivity contribution >= 4 is 12.2 Å². The first-order valence-electron chi connectivity index (χ1n) is 9.53. The van der Waals surface area contributed by atoms with Crippen molar-refractivity contribution in [1.29, 1.82) is 0 Å². The largest absolute Gasteiger partial charge is 0.508 e. The molecule has 0 radical (unpaired) electrons. The van der Waals surface area contributed by atoms with Crippen LogP contribution in [0.1, 0.15) is 24.1 Å². The zero-order valence-electron chi connectivity index (χ0n) is 16.2. The SMILES string of the molecule is CCOC(=O)C1=CNN2C=C(N[C@@H](c3ccccc3)c3cc(F)ccc3O)C=N[C@@H]12. The predicted octanol–water partition coefficient (Wildman–Crippen LogP) is 2.73. The Morgan fingerprint density at radius 1 is 1.33 bits per heavy atom. The summed E-state index contributed by atoms with van der Waals surface area (Å²) >= 11 is 0. The first kappa shape index (κ1) is 19.5. The van der Waals surface area contributed by atoms with Crippen LogP contribution < -0.4 is 10.7 Å². The van der Waals surface area contributed by atoms with E-state index in [2.05, 4.69) is 15.7 Å². The Morgan fingerprint density at radius 3 is 2.90 bits per heavy atom. The minimum absolute atomic E-state index is 0.0189. The van der Waals surface area contributed by atoms with Crippen LogP contribution in [0, 0.1) is 5.82 Å². The summed E-state index contributed by atoms with van der Waals surface area (Å²) in [6, 6.07) is 12.7. The van der Waals surface area contributed by atoms with Crippen molar-refractivity contribution in [2.45, 2.75) is 19.1 Å². The Bertz CT molecular complexity index is 1040. The number of benzene rings is 2. The van der Waals surface area contributed by atoms with Gasteiger partial charge in [-0.1, -0.05) is 30.3 Å². The molecule has 2 aliphatic rings. The molecule has 0 aromatic heterocycles. The summed E-state index contributed by atoms with van der Waals surface area (Å²) in [5, 5.41) is 15.3. The smallest absolute Gasteiger partial charge is 0.339 e. The standard InChI is InChI=1S/C22H21FN4O3/c1-2-30-22(29)18-12-25-27-13-16(11-24-21(18)27)26-20(14-6-4-3-5-7-14)17-10-15(23)8-9-19(17)28/h3-13,20-21,25-26,28H,2H2,1H3/t20-,21+/m0/s1. The van der Waals surface area contributed by atoms with Crippen LogP contribution in [0.3, 0.4) is 0 Å². The van der Waals surface area contributed by atoms with Crippen molar-refractivity contribution < 1.29 is 19.0 Å². The van der Waals surface area contributed by atoms with Crippen LogP contribution in [0.2, 0.25) is 0 Å². The maximum Gasteiger partial charge on any atom is 0.339 e. The number of hydrazine groups is 1. The summed E-state index contributed by atoms with van der Waals surface area (Å²) in [4.78, 5) is 16.5. The van der Waals surface area contributed by atoms with Gasteiger partial charge in [0.05, 0.1) is 18.3 Å². The van der Waals surface area contributed by atoms with Gasteiger partial charge in [-0.15, -0.1) is 0 Å². The number of rotatable bonds is 6. The van der Waals surface area contributed by atoms with Crippen molar-refractivity contribution in [3.63, 3.8) is 0 Å². The number of phenolic OH excluding ortho intramolecular Hbond substituents is 1. The van der Waals surface area contributed by atoms with E-state index in [4.69, 9.17) is 4.74 Å². The highest BCUT2D eigenvalue weighted by Crippen LogP contribution is 2.31. The second-order valence-electron chi connectivity index (χ2n) is 6.78. The quantitative estimate of drug-likeness (QED) is 0.638. The molecule has 0 bridgehead atoms. The Kier molecular flexibility index (Phi) is 5.38. The first-order valence-corrected chi connectivity index (χ1v) is 9.53. The van der Waals surface area contributed by atoms with Crippen LogP contribution in [-0.2, 0) is 9.53 Å². The number of hydrogen-bond donors (Lipinski definition) is 3. The minimum atomic E-state index is -0.521. The zero-order valence-corrected chi connectivity index (χ0v) is 16.2. The molecule has 0 fully saturated rings. The molecule has 0 amide bonds. The molecule has 3 N–H and O–H groups in total. The molecular weight excluding hydrogens is 387 g/mol. The normalized spacial score (nSPS) is 18.1. The Morgan fingerprint density at radius 2 is 2.13 bits per heavy atom. The Hall–Kier alpha value is -3.81. The van der Waals surface area contributed by atoms with Gasteiger partial charge < -0.3 is 20.6 Å². The molecule has 30 heavy (non-hydrogen) atoms. The van der Waals surface area contributed by atoms with E-state index in [1.54, 1.807) is 30.5 Å². The molecule has 154 valence electrons. The lowest BCUT2D eigenvalue weighted by molar-refractivity contribution is -0.138. The highest BCUT2D eigenvalue weighted by Gasteiger charge is 2.33. The molecular formula is C22H21FN4O3. The highest BCUT2D eigenvalue weighted by molar-refractivity contribution is 5.91. The van der Waals surface area contributed by atoms with Gasteiger partial charge in [0.2, 0.25) is 0 Å². The molecule has 0 saturated heterocycles. The molecule has 7 nitrogen and oxygen atoms in total. The van der Waals surface area contributed by atoms with E-state index in [0.29, 0.717) is 16.8 Å². The number of carbonyl (C=O) groups excluding carboxylic acids is 1. The van der Waals surface area contributed by atoms with Crippen LogP contribution in [-0.4, -0.2) is 35.1 Å². The summed E-state index contributed by atoms with van der Waals surface area (Å²) < 4.78 is 19.0. The maximum atomic E-state index is 13.9. The molecule has 2 atom stereocenters. The van der Waals surface area contributed by atoms with Crippen molar-refractivity contribution in [1.82, 2.24) is 15.8 Å². The first-order chi connectivity index (χ1) is 14.6. The van der Waals surface area contributed by atoms with Gasteiger partial charge in [-0.3, -0.25) is 10.0 Å². The number of ether oxygens (including phenoxy) is 1. The fraction of sp³-hybridized carbons (Fsp3) is 0.182. The fourth-order valence-corrected chi connectivity index (χ4v) is 3.40. The number of fused-ring (bicyclic) bond motifs is 1. The number of halogens is 1. The number of aliphatic imine (C=N–C) groups is 1. The van der Waals surface area contributed by atoms with Crippen LogP contribution in [0.5, 0.6) is 5.75 Å². The number of nitrogens with zero attached hydrogens (tertiary/aromatic N) is 2. The number of phenols is 1. The lowest BCUT2D eigenvalue weighted by Crippen LogP contribution is -2.38. The van der Waals surface area contributed by atoms with Crippen LogP contribution in [0.4, 0.5) is 4.39 Å². The number of nitrogens with one attached hydrogen (secondary N) is 2. The highest BCUT2D eigenvalue weighted by atomic mass is 19.1. The third kappa shape index (κ3) is 3.84. The summed E-state index contributed by atoms with van der Waals surface area (Å²) in [6.07, 6.45) is 4.40. The Balaban J connectivity index is 1.60. The predicted molar refractivity (Wildman–Crippen MR) is 110 cm³/mol. The minimum Gasteiger partial charge on any atom is -0.508 e. The zero-order chi connectivity index (χ0) is 21.1. The van der Waals surface area contributed by atoms with E-state index < -0.39 is 24.0 Å². The van der Waals surface area contributed by atoms with Gasteiger partial charge in [0, 0.05) is 24.2 Å². The number of allylic oxidation sites excluding steroid dienone is 1. The summed E-state index contributed by atoms with van der Waals surface area (Å²) in [5.74, 6) is -0.887. The van der Waals surface area contributed by atoms with Crippen molar-refractivity contribution in [2.24, 2.45) is 4.99 Å². The molecule has 2 heterocycles. The van der Waals surface area contributed by atoms with Gasteiger partial charge in [-0.2, -0.15) is 0 Å². The van der Waals surface area contributed by atoms with Crippen LogP contribution in [0.25, 0.3) is 0 Å². The van der Waals surface area contributed by atoms with Crippen molar-refractivity contribution in [3.05, 3.63) is 89.1 Å². The van der Waals surface area contributed by atoms with E-state index in [9.17, 15) is 14.3 Å². The van der Waals surface area contributed by atoms with E-state index >= 15 is 0 Å². The average Bonchev–Trinajstić information content (AvgIpc) is 3.18. The van der Waals surface area contributed by atoms with Gasteiger partial charge in [-0.25, -0.2) is 9.18 Å². The van der Waals surface area contributed by atoms with Gasteiger partial charge >= 0.3 is 5.97 Å².